The Balaban J connectivity index is 2.20. The molecule has 14 heavy (non-hydrogen) atoms. The van der Waals surface area contributed by atoms with Crippen molar-refractivity contribution in [3.63, 3.8) is 0 Å². The van der Waals surface area contributed by atoms with Gasteiger partial charge in [0.2, 0.25) is 0 Å². The largest absolute Gasteiger partial charge is 0.354 e. The number of benzene rings is 1. The summed E-state index contributed by atoms with van der Waals surface area (Å²) in [6.07, 6.45) is 0. The van der Waals surface area contributed by atoms with Gasteiger partial charge in [0, 0.05) is 6.54 Å². The maximum atomic E-state index is 13.4. The van der Waals surface area contributed by atoms with Crippen LogP contribution >= 0.6 is 11.6 Å². The lowest BCUT2D eigenvalue weighted by Gasteiger charge is -2.07. The van der Waals surface area contributed by atoms with Crippen LogP contribution in [0.2, 0.25) is 5.02 Å². The summed E-state index contributed by atoms with van der Waals surface area (Å²) in [5.74, 6) is 0.136. The quantitative estimate of drug-likeness (QED) is 0.747. The van der Waals surface area contributed by atoms with Crippen molar-refractivity contribution in [1.29, 1.82) is 0 Å². The van der Waals surface area contributed by atoms with Crippen LogP contribution in [0.3, 0.4) is 0 Å². The highest BCUT2D eigenvalue weighted by atomic mass is 35.5. The number of rotatable bonds is 1. The molecular weight excluding hydrogens is 205 g/mol. The molecule has 74 valence electrons. The summed E-state index contributed by atoms with van der Waals surface area (Å²) in [6.45, 7) is 1.50. The van der Waals surface area contributed by atoms with Gasteiger partial charge in [0.1, 0.15) is 0 Å². The number of hydrogen-bond acceptors (Lipinski definition) is 3. The molecule has 0 fully saturated rings. The number of halogens is 2. The lowest BCUT2D eigenvalue weighted by Crippen LogP contribution is -2.26. The second-order valence-corrected chi connectivity index (χ2v) is 3.29. The van der Waals surface area contributed by atoms with Crippen LogP contribution in [-0.2, 0) is 0 Å². The van der Waals surface area contributed by atoms with E-state index in [9.17, 15) is 4.39 Å². The van der Waals surface area contributed by atoms with Gasteiger partial charge < -0.3 is 10.6 Å². The molecule has 0 atom stereocenters. The SMILES string of the molecule is Fc1c(Cl)cccc1NC1=NCCN1. The van der Waals surface area contributed by atoms with Crippen molar-refractivity contribution in [2.24, 2.45) is 4.99 Å². The van der Waals surface area contributed by atoms with Gasteiger partial charge in [-0.25, -0.2) is 4.39 Å². The fourth-order valence-corrected chi connectivity index (χ4v) is 1.38. The zero-order chi connectivity index (χ0) is 9.97. The predicted octanol–water partition coefficient (Wildman–Crippen LogP) is 1.85. The molecule has 0 aliphatic carbocycles. The molecule has 2 N–H and O–H groups in total. The maximum Gasteiger partial charge on any atom is 0.196 e. The van der Waals surface area contributed by atoms with Crippen LogP contribution < -0.4 is 10.6 Å². The number of hydrogen-bond donors (Lipinski definition) is 2. The third kappa shape index (κ3) is 1.80. The first-order valence-electron chi connectivity index (χ1n) is 4.27. The minimum atomic E-state index is -0.453. The maximum absolute atomic E-state index is 13.4. The summed E-state index contributed by atoms with van der Waals surface area (Å²) in [6, 6.07) is 4.80. The first kappa shape index (κ1) is 9.27. The Morgan fingerprint density at radius 2 is 2.36 bits per heavy atom. The molecule has 3 nitrogen and oxygen atoms in total. The molecule has 1 aliphatic heterocycles. The van der Waals surface area contributed by atoms with Crippen LogP contribution in [0.5, 0.6) is 0 Å². The van der Waals surface area contributed by atoms with Crippen molar-refractivity contribution >= 4 is 23.2 Å². The Hall–Kier alpha value is -1.29. The zero-order valence-corrected chi connectivity index (χ0v) is 8.11. The van der Waals surface area contributed by atoms with E-state index < -0.39 is 5.82 Å². The summed E-state index contributed by atoms with van der Waals surface area (Å²) in [5.41, 5.74) is 0.339. The smallest absolute Gasteiger partial charge is 0.196 e. The minimum absolute atomic E-state index is 0.105. The molecule has 1 heterocycles. The van der Waals surface area contributed by atoms with Gasteiger partial charge in [0.15, 0.2) is 11.8 Å². The normalized spacial score (nSPS) is 14.9. The van der Waals surface area contributed by atoms with E-state index in [0.717, 1.165) is 6.54 Å². The number of nitrogens with one attached hydrogen (secondary N) is 2. The first-order chi connectivity index (χ1) is 6.77. The number of guanidine groups is 1. The van der Waals surface area contributed by atoms with Crippen molar-refractivity contribution < 1.29 is 4.39 Å². The van der Waals surface area contributed by atoms with Gasteiger partial charge in [-0.1, -0.05) is 17.7 Å². The number of nitrogens with zero attached hydrogens (tertiary/aromatic N) is 1. The molecule has 2 rings (SSSR count). The molecular formula is C9H9ClFN3. The van der Waals surface area contributed by atoms with Crippen molar-refractivity contribution in [3.05, 3.63) is 29.0 Å². The van der Waals surface area contributed by atoms with Gasteiger partial charge in [-0.15, -0.1) is 0 Å². The zero-order valence-electron chi connectivity index (χ0n) is 7.35. The summed E-state index contributed by atoms with van der Waals surface area (Å²) >= 11 is 5.62. The van der Waals surface area contributed by atoms with Crippen molar-refractivity contribution in [1.82, 2.24) is 5.32 Å². The second-order valence-electron chi connectivity index (χ2n) is 2.88. The summed E-state index contributed by atoms with van der Waals surface area (Å²) in [7, 11) is 0. The van der Waals surface area contributed by atoms with E-state index in [1.807, 2.05) is 0 Å². The van der Waals surface area contributed by atoms with Crippen molar-refractivity contribution in [2.45, 2.75) is 0 Å². The van der Waals surface area contributed by atoms with Gasteiger partial charge in [0.05, 0.1) is 17.3 Å². The molecule has 0 bridgehead atoms. The Bertz CT molecular complexity index is 378. The molecule has 1 aromatic carbocycles. The van der Waals surface area contributed by atoms with Gasteiger partial charge in [-0.3, -0.25) is 4.99 Å². The van der Waals surface area contributed by atoms with E-state index in [1.165, 1.54) is 6.07 Å². The van der Waals surface area contributed by atoms with Gasteiger partial charge >= 0.3 is 0 Å². The van der Waals surface area contributed by atoms with E-state index in [1.54, 1.807) is 12.1 Å². The van der Waals surface area contributed by atoms with Crippen LogP contribution in [0.25, 0.3) is 0 Å². The molecule has 0 aromatic heterocycles. The van der Waals surface area contributed by atoms with E-state index in [0.29, 0.717) is 18.2 Å². The summed E-state index contributed by atoms with van der Waals surface area (Å²) in [4.78, 5) is 4.09. The Morgan fingerprint density at radius 1 is 1.50 bits per heavy atom. The second kappa shape index (κ2) is 3.84. The van der Waals surface area contributed by atoms with Gasteiger partial charge in [-0.2, -0.15) is 0 Å². The van der Waals surface area contributed by atoms with Crippen LogP contribution in [-0.4, -0.2) is 19.0 Å². The Morgan fingerprint density at radius 3 is 3.07 bits per heavy atom. The fraction of sp³-hybridized carbons (Fsp3) is 0.222. The Kier molecular flexibility index (Phi) is 2.54. The standard InChI is InChI=1S/C9H9ClFN3/c10-6-2-1-3-7(8(6)11)14-9-12-4-5-13-9/h1-3H,4-5H2,(H2,12,13,14). The molecule has 0 spiro atoms. The molecule has 0 amide bonds. The number of aliphatic imine (C=N–C) groups is 1. The molecule has 0 radical (unpaired) electrons. The van der Waals surface area contributed by atoms with E-state index >= 15 is 0 Å². The van der Waals surface area contributed by atoms with E-state index in [4.69, 9.17) is 11.6 Å². The van der Waals surface area contributed by atoms with Crippen molar-refractivity contribution in [2.75, 3.05) is 18.4 Å². The average molecular weight is 214 g/mol. The molecule has 1 aliphatic rings. The van der Waals surface area contributed by atoms with Crippen LogP contribution in [0.1, 0.15) is 0 Å². The summed E-state index contributed by atoms with van der Waals surface area (Å²) in [5, 5.41) is 5.92. The molecule has 0 saturated carbocycles. The molecule has 0 saturated heterocycles. The van der Waals surface area contributed by atoms with Gasteiger partial charge in [-0.05, 0) is 12.1 Å². The first-order valence-corrected chi connectivity index (χ1v) is 4.64. The monoisotopic (exact) mass is 213 g/mol. The van der Waals surface area contributed by atoms with E-state index in [-0.39, 0.29) is 5.02 Å². The molecule has 0 unspecified atom stereocenters. The topological polar surface area (TPSA) is 36.4 Å². The fourth-order valence-electron chi connectivity index (χ4n) is 1.21. The van der Waals surface area contributed by atoms with Crippen molar-refractivity contribution in [3.8, 4) is 0 Å². The highest BCUT2D eigenvalue weighted by Gasteiger charge is 2.09. The highest BCUT2D eigenvalue weighted by molar-refractivity contribution is 6.31. The van der Waals surface area contributed by atoms with E-state index in [2.05, 4.69) is 15.6 Å². The summed E-state index contributed by atoms with van der Waals surface area (Å²) < 4.78 is 13.4. The lowest BCUT2D eigenvalue weighted by atomic mass is 10.3. The average Bonchev–Trinajstić information content (AvgIpc) is 2.66. The Labute approximate surface area is 86.0 Å². The minimum Gasteiger partial charge on any atom is -0.354 e. The molecule has 5 heteroatoms. The number of anilines is 1. The lowest BCUT2D eigenvalue weighted by molar-refractivity contribution is 0.632. The van der Waals surface area contributed by atoms with Crippen LogP contribution in [0, 0.1) is 5.82 Å². The van der Waals surface area contributed by atoms with Gasteiger partial charge in [0.25, 0.3) is 0 Å². The van der Waals surface area contributed by atoms with Crippen LogP contribution in [0.4, 0.5) is 10.1 Å². The molecule has 1 aromatic rings. The third-order valence-corrected chi connectivity index (χ3v) is 2.17. The third-order valence-electron chi connectivity index (χ3n) is 1.88. The highest BCUT2D eigenvalue weighted by Crippen LogP contribution is 2.21. The predicted molar refractivity (Wildman–Crippen MR) is 55.3 cm³/mol. The van der Waals surface area contributed by atoms with Crippen LogP contribution in [0.15, 0.2) is 23.2 Å².